The Hall–Kier alpha value is -8.14. The summed E-state index contributed by atoms with van der Waals surface area (Å²) in [5.74, 6) is 0. The molecule has 314 valence electrons. The maximum atomic E-state index is 2.55. The molecule has 0 N–H and O–H groups in total. The second-order valence-electron chi connectivity index (χ2n) is 18.4. The van der Waals surface area contributed by atoms with Gasteiger partial charge in [-0.05, 0) is 127 Å². The molecule has 1 heterocycles. The molecule has 0 aromatic heterocycles. The van der Waals surface area contributed by atoms with Crippen LogP contribution in [0.4, 0.5) is 39.8 Å². The van der Waals surface area contributed by atoms with Gasteiger partial charge in [0.15, 0.2) is 0 Å². The summed E-state index contributed by atoms with van der Waals surface area (Å²) in [5, 5.41) is 7.65. The summed E-state index contributed by atoms with van der Waals surface area (Å²) in [6.07, 6.45) is 0. The third kappa shape index (κ3) is 5.90. The van der Waals surface area contributed by atoms with E-state index in [9.17, 15) is 0 Å². The lowest BCUT2D eigenvalue weighted by Crippen LogP contribution is -2.36. The number of fused-ring (bicyclic) bond motifs is 4. The number of hydrogen-bond donors (Lipinski definition) is 0. The van der Waals surface area contributed by atoms with Crippen molar-refractivity contribution in [3.63, 3.8) is 0 Å². The average Bonchev–Trinajstić information content (AvgIpc) is 3.61. The monoisotopic (exact) mass is 845 g/mol. The number of hydrogen-bond acceptors (Lipinski definition) is 3. The van der Waals surface area contributed by atoms with Gasteiger partial charge in [-0.25, -0.2) is 0 Å². The molecule has 0 saturated carbocycles. The van der Waals surface area contributed by atoms with Gasteiger partial charge in [-0.3, -0.25) is 0 Å². The maximum Gasteiger partial charge on any atom is 0.0732 e. The first-order valence-corrected chi connectivity index (χ1v) is 23.2. The van der Waals surface area contributed by atoms with Gasteiger partial charge in [-0.1, -0.05) is 178 Å². The number of para-hydroxylation sites is 3. The van der Waals surface area contributed by atoms with E-state index in [4.69, 9.17) is 0 Å². The molecule has 0 saturated heterocycles. The van der Waals surface area contributed by atoms with Crippen molar-refractivity contribution in [2.45, 2.75) is 19.3 Å². The summed E-state index contributed by atoms with van der Waals surface area (Å²) in [7, 11) is 0. The van der Waals surface area contributed by atoms with E-state index < -0.39 is 0 Å². The van der Waals surface area contributed by atoms with E-state index in [-0.39, 0.29) is 5.41 Å². The molecular formula is C63H47N3. The fraction of sp³-hybridized carbons (Fsp3) is 0.0794. The predicted molar refractivity (Wildman–Crippen MR) is 280 cm³/mol. The maximum absolute atomic E-state index is 2.55. The van der Waals surface area contributed by atoms with Crippen LogP contribution in [-0.2, 0) is 5.41 Å². The van der Waals surface area contributed by atoms with Crippen LogP contribution in [0.5, 0.6) is 0 Å². The molecule has 3 heteroatoms. The van der Waals surface area contributed by atoms with Gasteiger partial charge in [0.1, 0.15) is 0 Å². The van der Waals surface area contributed by atoms with Gasteiger partial charge in [-0.2, -0.15) is 0 Å². The molecule has 11 aromatic carbocycles. The van der Waals surface area contributed by atoms with E-state index in [1.54, 1.807) is 0 Å². The average molecular weight is 846 g/mol. The molecule has 0 radical (unpaired) electrons. The summed E-state index contributed by atoms with van der Waals surface area (Å²) in [6.45, 7) is 6.53. The first-order valence-electron chi connectivity index (χ1n) is 23.2. The lowest BCUT2D eigenvalue weighted by Gasteiger charge is -2.40. The zero-order chi connectivity index (χ0) is 43.9. The Morgan fingerprint density at radius 2 is 0.985 bits per heavy atom. The van der Waals surface area contributed by atoms with Gasteiger partial charge >= 0.3 is 0 Å². The summed E-state index contributed by atoms with van der Waals surface area (Å²) in [6, 6.07) is 83.4. The largest absolute Gasteiger partial charge is 0.338 e. The second kappa shape index (κ2) is 15.0. The molecule has 0 spiro atoms. The van der Waals surface area contributed by atoms with Crippen LogP contribution in [0.25, 0.3) is 65.7 Å². The van der Waals surface area contributed by atoms with Crippen LogP contribution in [0.2, 0.25) is 0 Å². The number of nitrogens with zero attached hydrogens (tertiary/aromatic N) is 3. The zero-order valence-corrected chi connectivity index (χ0v) is 37.1. The standard InChI is InChI=1S/C63H47N3/c1-63(2)55-26-13-12-24-52(55)61-54(51-25-15-27-58-62(51)65(48-22-10-5-11-23-48)39-38-64(58)47-20-8-4-9-21-47)40-50(41-56(61)63)66(49-34-30-43(31-35-49)42-16-6-3-7-17-42)57-37-33-46-29-28-44-18-14-19-45-32-36-53(57)60(46)59(44)45/h3-37,40-41H,38-39H2,1-2H3. The minimum absolute atomic E-state index is 0.258. The molecule has 0 atom stereocenters. The van der Waals surface area contributed by atoms with Crippen molar-refractivity contribution in [1.29, 1.82) is 0 Å². The molecule has 0 amide bonds. The van der Waals surface area contributed by atoms with Crippen molar-refractivity contribution < 1.29 is 0 Å². The molecular weight excluding hydrogens is 799 g/mol. The Morgan fingerprint density at radius 3 is 1.73 bits per heavy atom. The Balaban J connectivity index is 1.11. The van der Waals surface area contributed by atoms with Crippen molar-refractivity contribution in [3.05, 3.63) is 236 Å². The molecule has 3 nitrogen and oxygen atoms in total. The highest BCUT2D eigenvalue weighted by Gasteiger charge is 2.39. The fourth-order valence-corrected chi connectivity index (χ4v) is 11.3. The Kier molecular flexibility index (Phi) is 8.69. The highest BCUT2D eigenvalue weighted by atomic mass is 15.3. The highest BCUT2D eigenvalue weighted by molar-refractivity contribution is 6.26. The molecule has 0 unspecified atom stereocenters. The Morgan fingerprint density at radius 1 is 0.409 bits per heavy atom. The second-order valence-corrected chi connectivity index (χ2v) is 18.4. The van der Waals surface area contributed by atoms with Gasteiger partial charge in [0.2, 0.25) is 0 Å². The van der Waals surface area contributed by atoms with Crippen LogP contribution in [-0.4, -0.2) is 13.1 Å². The van der Waals surface area contributed by atoms with Gasteiger partial charge < -0.3 is 14.7 Å². The van der Waals surface area contributed by atoms with Crippen molar-refractivity contribution >= 4 is 72.1 Å². The lowest BCUT2D eigenvalue weighted by atomic mass is 9.81. The SMILES string of the molecule is CC1(C)c2ccccc2-c2c(-c3cccc4c3N(c3ccccc3)CCN4c3ccccc3)cc(N(c3ccc(-c4ccccc4)cc3)c3ccc4ccc5cccc6ccc3c4c56)cc21. The van der Waals surface area contributed by atoms with E-state index >= 15 is 0 Å². The Labute approximate surface area is 386 Å². The quantitative estimate of drug-likeness (QED) is 0.148. The topological polar surface area (TPSA) is 9.72 Å². The third-order valence-electron chi connectivity index (χ3n) is 14.5. The van der Waals surface area contributed by atoms with E-state index in [1.165, 1.54) is 99.6 Å². The van der Waals surface area contributed by atoms with Crippen molar-refractivity contribution in [2.75, 3.05) is 27.8 Å². The molecule has 11 aromatic rings. The number of benzene rings is 11. The molecule has 1 aliphatic heterocycles. The van der Waals surface area contributed by atoms with Gasteiger partial charge in [0.25, 0.3) is 0 Å². The van der Waals surface area contributed by atoms with E-state index in [0.717, 1.165) is 30.2 Å². The Bertz CT molecular complexity index is 3600. The smallest absolute Gasteiger partial charge is 0.0732 e. The third-order valence-corrected chi connectivity index (χ3v) is 14.5. The van der Waals surface area contributed by atoms with Crippen molar-refractivity contribution in [1.82, 2.24) is 0 Å². The molecule has 66 heavy (non-hydrogen) atoms. The van der Waals surface area contributed by atoms with Gasteiger partial charge in [-0.15, -0.1) is 0 Å². The summed E-state index contributed by atoms with van der Waals surface area (Å²) in [4.78, 5) is 7.59. The molecule has 0 fully saturated rings. The number of anilines is 7. The normalized spacial score (nSPS) is 13.8. The first-order chi connectivity index (χ1) is 32.5. The van der Waals surface area contributed by atoms with Crippen molar-refractivity contribution in [3.8, 4) is 33.4 Å². The summed E-state index contributed by atoms with van der Waals surface area (Å²) >= 11 is 0. The molecule has 2 aliphatic rings. The minimum atomic E-state index is -0.258. The molecule has 1 aliphatic carbocycles. The lowest BCUT2D eigenvalue weighted by molar-refractivity contribution is 0.660. The zero-order valence-electron chi connectivity index (χ0n) is 37.1. The van der Waals surface area contributed by atoms with Crippen LogP contribution in [0, 0.1) is 0 Å². The van der Waals surface area contributed by atoms with Crippen molar-refractivity contribution in [2.24, 2.45) is 0 Å². The fourth-order valence-electron chi connectivity index (χ4n) is 11.3. The molecule has 13 rings (SSSR count). The van der Waals surface area contributed by atoms with Crippen LogP contribution >= 0.6 is 0 Å². The van der Waals surface area contributed by atoms with Crippen LogP contribution < -0.4 is 14.7 Å². The highest BCUT2D eigenvalue weighted by Crippen LogP contribution is 2.57. The van der Waals surface area contributed by atoms with Crippen LogP contribution in [0.15, 0.2) is 224 Å². The minimum Gasteiger partial charge on any atom is -0.338 e. The summed E-state index contributed by atoms with van der Waals surface area (Å²) in [5.41, 5.74) is 18.1. The van der Waals surface area contributed by atoms with E-state index in [2.05, 4.69) is 253 Å². The summed E-state index contributed by atoms with van der Waals surface area (Å²) < 4.78 is 0. The van der Waals surface area contributed by atoms with Crippen LogP contribution in [0.1, 0.15) is 25.0 Å². The molecule has 0 bridgehead atoms. The number of rotatable bonds is 7. The predicted octanol–water partition coefficient (Wildman–Crippen LogP) is 17.0. The van der Waals surface area contributed by atoms with E-state index in [1.807, 2.05) is 0 Å². The first kappa shape index (κ1) is 38.3. The van der Waals surface area contributed by atoms with Gasteiger partial charge in [0.05, 0.1) is 17.1 Å². The van der Waals surface area contributed by atoms with Crippen LogP contribution in [0.3, 0.4) is 0 Å². The van der Waals surface area contributed by atoms with E-state index in [0.29, 0.717) is 0 Å². The van der Waals surface area contributed by atoms with Gasteiger partial charge in [0, 0.05) is 52.2 Å².